The summed E-state index contributed by atoms with van der Waals surface area (Å²) >= 11 is 0. The number of nitrogen functional groups attached to an aromatic ring is 1. The van der Waals surface area contributed by atoms with Crippen molar-refractivity contribution in [3.63, 3.8) is 0 Å². The minimum Gasteiger partial charge on any atom is -0.383 e. The van der Waals surface area contributed by atoms with Gasteiger partial charge in [-0.15, -0.1) is 0 Å². The number of nitrogens with one attached hydrogen (secondary N) is 1. The van der Waals surface area contributed by atoms with Crippen LogP contribution in [0.25, 0.3) is 0 Å². The highest BCUT2D eigenvalue weighted by Crippen LogP contribution is 2.29. The molecule has 0 bridgehead atoms. The van der Waals surface area contributed by atoms with Crippen LogP contribution in [0.4, 0.5) is 10.2 Å². The van der Waals surface area contributed by atoms with Crippen LogP contribution in [0.15, 0.2) is 42.6 Å². The number of hydrogen-bond donors (Lipinski definition) is 3. The van der Waals surface area contributed by atoms with E-state index in [0.29, 0.717) is 12.2 Å². The van der Waals surface area contributed by atoms with Crippen molar-refractivity contribution in [1.29, 1.82) is 0 Å². The first-order chi connectivity index (χ1) is 9.95. The molecule has 0 fully saturated rings. The molecule has 0 aliphatic carbocycles. The predicted molar refractivity (Wildman–Crippen MR) is 82.9 cm³/mol. The molecule has 0 aliphatic rings. The molecule has 5 N–H and O–H groups in total. The highest BCUT2D eigenvalue weighted by atomic mass is 19.1. The van der Waals surface area contributed by atoms with Gasteiger partial charge in [-0.25, -0.2) is 9.37 Å². The Balaban J connectivity index is 2.27. The van der Waals surface area contributed by atoms with Crippen molar-refractivity contribution in [3.8, 4) is 0 Å². The fourth-order valence-electron chi connectivity index (χ4n) is 2.45. The van der Waals surface area contributed by atoms with E-state index in [2.05, 4.69) is 24.3 Å². The maximum atomic E-state index is 13.1. The third kappa shape index (κ3) is 3.37. The maximum Gasteiger partial charge on any atom is 0.126 e. The SMILES string of the molecule is CC(C)(c1ccc(F)cc1)C(Cc1cccnc1N)NN. The average Bonchev–Trinajstić information content (AvgIpc) is 2.46. The number of hydrogen-bond acceptors (Lipinski definition) is 4. The lowest BCUT2D eigenvalue weighted by Gasteiger charge is -2.34. The Labute approximate surface area is 124 Å². The molecule has 112 valence electrons. The van der Waals surface area contributed by atoms with Gasteiger partial charge in [0.25, 0.3) is 0 Å². The van der Waals surface area contributed by atoms with E-state index in [1.807, 2.05) is 12.1 Å². The van der Waals surface area contributed by atoms with Crippen molar-refractivity contribution in [1.82, 2.24) is 10.4 Å². The average molecular weight is 288 g/mol. The molecule has 0 radical (unpaired) electrons. The van der Waals surface area contributed by atoms with Crippen LogP contribution >= 0.6 is 0 Å². The Morgan fingerprint density at radius 3 is 2.48 bits per heavy atom. The Morgan fingerprint density at radius 1 is 1.24 bits per heavy atom. The summed E-state index contributed by atoms with van der Waals surface area (Å²) in [6.07, 6.45) is 2.30. The van der Waals surface area contributed by atoms with Crippen LogP contribution in [0.3, 0.4) is 0 Å². The number of anilines is 1. The molecule has 1 aromatic heterocycles. The summed E-state index contributed by atoms with van der Waals surface area (Å²) in [6, 6.07) is 10.2. The van der Waals surface area contributed by atoms with Crippen molar-refractivity contribution in [2.24, 2.45) is 5.84 Å². The number of aromatic nitrogens is 1. The zero-order valence-corrected chi connectivity index (χ0v) is 12.3. The highest BCUT2D eigenvalue weighted by molar-refractivity contribution is 5.40. The summed E-state index contributed by atoms with van der Waals surface area (Å²) in [5.74, 6) is 6.00. The summed E-state index contributed by atoms with van der Waals surface area (Å²) in [4.78, 5) is 4.09. The Morgan fingerprint density at radius 2 is 1.90 bits per heavy atom. The number of nitrogens with two attached hydrogens (primary N) is 2. The second kappa shape index (κ2) is 6.20. The van der Waals surface area contributed by atoms with Crippen molar-refractivity contribution < 1.29 is 4.39 Å². The standard InChI is InChI=1S/C16H21FN4/c1-16(2,12-5-7-13(17)8-6-12)14(21-19)10-11-4-3-9-20-15(11)18/h3-9,14,21H,10,19H2,1-2H3,(H2,18,20). The number of benzene rings is 1. The molecule has 2 rings (SSSR count). The van der Waals surface area contributed by atoms with Gasteiger partial charge in [-0.3, -0.25) is 11.3 Å². The van der Waals surface area contributed by atoms with Gasteiger partial charge in [0.2, 0.25) is 0 Å². The topological polar surface area (TPSA) is 77.0 Å². The third-order valence-electron chi connectivity index (χ3n) is 4.01. The van der Waals surface area contributed by atoms with Crippen molar-refractivity contribution >= 4 is 5.82 Å². The molecule has 0 spiro atoms. The van der Waals surface area contributed by atoms with E-state index in [9.17, 15) is 4.39 Å². The lowest BCUT2D eigenvalue weighted by Crippen LogP contribution is -2.49. The van der Waals surface area contributed by atoms with Gasteiger partial charge in [0.05, 0.1) is 0 Å². The van der Waals surface area contributed by atoms with Crippen LogP contribution in [0.1, 0.15) is 25.0 Å². The first-order valence-corrected chi connectivity index (χ1v) is 6.86. The largest absolute Gasteiger partial charge is 0.383 e. The molecular formula is C16H21FN4. The fourth-order valence-corrected chi connectivity index (χ4v) is 2.45. The summed E-state index contributed by atoms with van der Waals surface area (Å²) in [6.45, 7) is 4.13. The second-order valence-electron chi connectivity index (χ2n) is 5.70. The minimum atomic E-state index is -0.287. The van der Waals surface area contributed by atoms with Gasteiger partial charge in [-0.1, -0.05) is 32.0 Å². The van der Waals surface area contributed by atoms with Gasteiger partial charge < -0.3 is 5.73 Å². The van der Waals surface area contributed by atoms with Crippen LogP contribution in [0, 0.1) is 5.82 Å². The van der Waals surface area contributed by atoms with Gasteiger partial charge in [-0.2, -0.15) is 0 Å². The van der Waals surface area contributed by atoms with E-state index < -0.39 is 0 Å². The van der Waals surface area contributed by atoms with Crippen LogP contribution in [-0.4, -0.2) is 11.0 Å². The van der Waals surface area contributed by atoms with Crippen LogP contribution in [-0.2, 0) is 11.8 Å². The van der Waals surface area contributed by atoms with Crippen LogP contribution in [0.2, 0.25) is 0 Å². The molecule has 2 aromatic rings. The molecule has 5 heteroatoms. The number of nitrogens with zero attached hydrogens (tertiary/aromatic N) is 1. The minimum absolute atomic E-state index is 0.0607. The zero-order chi connectivity index (χ0) is 15.5. The van der Waals surface area contributed by atoms with Crippen molar-refractivity contribution in [2.45, 2.75) is 31.7 Å². The number of rotatable bonds is 5. The van der Waals surface area contributed by atoms with E-state index >= 15 is 0 Å². The summed E-state index contributed by atoms with van der Waals surface area (Å²) in [5.41, 5.74) is 10.4. The molecule has 0 amide bonds. The zero-order valence-electron chi connectivity index (χ0n) is 12.3. The summed E-state index contributed by atoms with van der Waals surface area (Å²) in [7, 11) is 0. The van der Waals surface area contributed by atoms with Gasteiger partial charge in [-0.05, 0) is 35.7 Å². The third-order valence-corrected chi connectivity index (χ3v) is 4.01. The second-order valence-corrected chi connectivity index (χ2v) is 5.70. The van der Waals surface area contributed by atoms with E-state index in [-0.39, 0.29) is 17.3 Å². The molecule has 0 aliphatic heterocycles. The summed E-state index contributed by atoms with van der Waals surface area (Å²) in [5, 5.41) is 0. The van der Waals surface area contributed by atoms with E-state index in [4.69, 9.17) is 11.6 Å². The molecular weight excluding hydrogens is 267 g/mol. The molecule has 1 atom stereocenters. The molecule has 0 saturated heterocycles. The Hall–Kier alpha value is -1.98. The smallest absolute Gasteiger partial charge is 0.126 e. The number of hydrazine groups is 1. The lowest BCUT2D eigenvalue weighted by atomic mass is 9.75. The summed E-state index contributed by atoms with van der Waals surface area (Å²) < 4.78 is 13.1. The monoisotopic (exact) mass is 288 g/mol. The first kappa shape index (κ1) is 15.4. The van der Waals surface area contributed by atoms with E-state index in [0.717, 1.165) is 11.1 Å². The lowest BCUT2D eigenvalue weighted by molar-refractivity contribution is 0.341. The molecule has 1 unspecified atom stereocenters. The predicted octanol–water partition coefficient (Wildman–Crippen LogP) is 2.16. The quantitative estimate of drug-likeness (QED) is 0.582. The molecule has 1 heterocycles. The van der Waals surface area contributed by atoms with E-state index in [1.165, 1.54) is 12.1 Å². The van der Waals surface area contributed by atoms with Gasteiger partial charge in [0.1, 0.15) is 11.6 Å². The van der Waals surface area contributed by atoms with Crippen LogP contribution in [0.5, 0.6) is 0 Å². The highest BCUT2D eigenvalue weighted by Gasteiger charge is 2.31. The van der Waals surface area contributed by atoms with Gasteiger partial charge >= 0.3 is 0 Å². The fraction of sp³-hybridized carbons (Fsp3) is 0.312. The van der Waals surface area contributed by atoms with Crippen LogP contribution < -0.4 is 17.0 Å². The van der Waals surface area contributed by atoms with E-state index in [1.54, 1.807) is 18.3 Å². The Kier molecular flexibility index (Phi) is 4.55. The molecule has 1 aromatic carbocycles. The molecule has 4 nitrogen and oxygen atoms in total. The molecule has 21 heavy (non-hydrogen) atoms. The van der Waals surface area contributed by atoms with Gasteiger partial charge in [0, 0.05) is 17.7 Å². The first-order valence-electron chi connectivity index (χ1n) is 6.86. The number of halogens is 1. The van der Waals surface area contributed by atoms with Gasteiger partial charge in [0.15, 0.2) is 0 Å². The Bertz CT molecular complexity index is 595. The van der Waals surface area contributed by atoms with Crippen molar-refractivity contribution in [3.05, 3.63) is 59.5 Å². The van der Waals surface area contributed by atoms with Crippen molar-refractivity contribution in [2.75, 3.05) is 5.73 Å². The number of pyridine rings is 1. The molecule has 0 saturated carbocycles. The maximum absolute atomic E-state index is 13.1. The normalized spacial score (nSPS) is 13.1.